The topological polar surface area (TPSA) is 98.4 Å². The lowest BCUT2D eigenvalue weighted by Gasteiger charge is -2.40. The van der Waals surface area contributed by atoms with E-state index < -0.39 is 6.09 Å². The number of alkyl carbamates (subject to hydrolysis) is 1. The summed E-state index contributed by atoms with van der Waals surface area (Å²) in [5, 5.41) is 6.13. The SMILES string of the molecule is COCCCOc1cc(C(=O)N(C(C)C)[C@H]2CNC[C@H](COC(=O)NC(C)C)C2)ccc1OC. The van der Waals surface area contributed by atoms with Gasteiger partial charge < -0.3 is 34.5 Å². The third kappa shape index (κ3) is 8.36. The summed E-state index contributed by atoms with van der Waals surface area (Å²) in [6.07, 6.45) is 1.08. The van der Waals surface area contributed by atoms with E-state index in [1.165, 1.54) is 0 Å². The van der Waals surface area contributed by atoms with E-state index in [0.717, 1.165) is 19.4 Å². The molecule has 2 amide bonds. The first kappa shape index (κ1) is 27.7. The Bertz CT molecular complexity index is 786. The highest BCUT2D eigenvalue weighted by atomic mass is 16.5. The molecule has 34 heavy (non-hydrogen) atoms. The van der Waals surface area contributed by atoms with Crippen LogP contribution in [0.4, 0.5) is 4.79 Å². The van der Waals surface area contributed by atoms with Crippen LogP contribution >= 0.6 is 0 Å². The van der Waals surface area contributed by atoms with E-state index >= 15 is 0 Å². The highest BCUT2D eigenvalue weighted by Gasteiger charge is 2.32. The number of amides is 2. The average molecular weight is 480 g/mol. The quantitative estimate of drug-likeness (QED) is 0.445. The summed E-state index contributed by atoms with van der Waals surface area (Å²) in [5.41, 5.74) is 0.547. The van der Waals surface area contributed by atoms with E-state index in [0.29, 0.717) is 43.4 Å². The molecule has 1 heterocycles. The number of carbonyl (C=O) groups is 2. The number of rotatable bonds is 12. The summed E-state index contributed by atoms with van der Waals surface area (Å²) in [6.45, 7) is 10.6. The lowest BCUT2D eigenvalue weighted by molar-refractivity contribution is 0.0476. The van der Waals surface area contributed by atoms with Crippen LogP contribution in [0.15, 0.2) is 18.2 Å². The van der Waals surface area contributed by atoms with Crippen molar-refractivity contribution in [3.05, 3.63) is 23.8 Å². The zero-order chi connectivity index (χ0) is 25.1. The fraction of sp³-hybridized carbons (Fsp3) is 0.680. The van der Waals surface area contributed by atoms with Gasteiger partial charge in [0, 0.05) is 62.8 Å². The third-order valence-electron chi connectivity index (χ3n) is 5.62. The summed E-state index contributed by atoms with van der Waals surface area (Å²) >= 11 is 0. The van der Waals surface area contributed by atoms with Crippen molar-refractivity contribution >= 4 is 12.0 Å². The number of ether oxygens (including phenoxy) is 4. The van der Waals surface area contributed by atoms with Gasteiger partial charge in [-0.15, -0.1) is 0 Å². The summed E-state index contributed by atoms with van der Waals surface area (Å²) < 4.78 is 21.7. The molecule has 0 saturated carbocycles. The lowest BCUT2D eigenvalue weighted by Crippen LogP contribution is -2.54. The summed E-state index contributed by atoms with van der Waals surface area (Å²) in [5.74, 6) is 1.19. The van der Waals surface area contributed by atoms with Crippen LogP contribution in [0.1, 0.15) is 50.9 Å². The first-order valence-electron chi connectivity index (χ1n) is 12.0. The van der Waals surface area contributed by atoms with Gasteiger partial charge in [-0.1, -0.05) is 0 Å². The Hall–Kier alpha value is -2.52. The monoisotopic (exact) mass is 479 g/mol. The van der Waals surface area contributed by atoms with Crippen LogP contribution in [-0.2, 0) is 9.47 Å². The molecule has 2 atom stereocenters. The molecule has 0 bridgehead atoms. The van der Waals surface area contributed by atoms with E-state index in [2.05, 4.69) is 10.6 Å². The second-order valence-electron chi connectivity index (χ2n) is 9.18. The van der Waals surface area contributed by atoms with Crippen molar-refractivity contribution in [3.63, 3.8) is 0 Å². The Morgan fingerprint density at radius 1 is 1.12 bits per heavy atom. The van der Waals surface area contributed by atoms with Crippen LogP contribution < -0.4 is 20.1 Å². The molecule has 0 unspecified atom stereocenters. The molecule has 0 aliphatic carbocycles. The van der Waals surface area contributed by atoms with Gasteiger partial charge in [-0.2, -0.15) is 0 Å². The molecule has 1 aliphatic heterocycles. The Morgan fingerprint density at radius 2 is 1.88 bits per heavy atom. The van der Waals surface area contributed by atoms with Gasteiger partial charge in [0.1, 0.15) is 0 Å². The smallest absolute Gasteiger partial charge is 0.407 e. The van der Waals surface area contributed by atoms with E-state index in [-0.39, 0.29) is 30.0 Å². The van der Waals surface area contributed by atoms with Crippen molar-refractivity contribution in [2.75, 3.05) is 47.1 Å². The highest BCUT2D eigenvalue weighted by Crippen LogP contribution is 2.30. The molecule has 192 valence electrons. The van der Waals surface area contributed by atoms with Gasteiger partial charge >= 0.3 is 6.09 Å². The molecular formula is C25H41N3O6. The van der Waals surface area contributed by atoms with E-state index in [4.69, 9.17) is 18.9 Å². The molecule has 1 saturated heterocycles. The molecule has 9 heteroatoms. The van der Waals surface area contributed by atoms with E-state index in [1.807, 2.05) is 32.6 Å². The van der Waals surface area contributed by atoms with Crippen LogP contribution in [0.25, 0.3) is 0 Å². The predicted molar refractivity (Wildman–Crippen MR) is 131 cm³/mol. The summed E-state index contributed by atoms with van der Waals surface area (Å²) in [6, 6.07) is 5.28. The molecular weight excluding hydrogens is 438 g/mol. The van der Waals surface area contributed by atoms with Gasteiger partial charge in [-0.05, 0) is 52.3 Å². The zero-order valence-corrected chi connectivity index (χ0v) is 21.4. The Balaban J connectivity index is 2.10. The maximum absolute atomic E-state index is 13.6. The lowest BCUT2D eigenvalue weighted by atomic mass is 9.94. The predicted octanol–water partition coefficient (Wildman–Crippen LogP) is 3.07. The van der Waals surface area contributed by atoms with Crippen LogP contribution in [0.2, 0.25) is 0 Å². The van der Waals surface area contributed by atoms with Crippen LogP contribution in [0, 0.1) is 5.92 Å². The van der Waals surface area contributed by atoms with E-state index in [1.54, 1.807) is 32.4 Å². The molecule has 9 nitrogen and oxygen atoms in total. The minimum Gasteiger partial charge on any atom is -0.493 e. The molecule has 2 N–H and O–H groups in total. The standard InChI is InChI=1S/C25H41N3O6/c1-17(2)27-25(30)34-16-19-12-21(15-26-14-19)28(18(3)4)24(29)20-8-9-22(32-6)23(13-20)33-11-7-10-31-5/h8-9,13,17-19,21,26H,7,10-12,14-16H2,1-6H3,(H,27,30)/t19-,21-/m1/s1. The van der Waals surface area contributed by atoms with Crippen molar-refractivity contribution < 1.29 is 28.5 Å². The normalized spacial score (nSPS) is 18.0. The fourth-order valence-electron chi connectivity index (χ4n) is 4.09. The second-order valence-corrected chi connectivity index (χ2v) is 9.18. The van der Waals surface area contributed by atoms with Crippen LogP contribution in [-0.4, -0.2) is 82.2 Å². The molecule has 0 spiro atoms. The van der Waals surface area contributed by atoms with Crippen LogP contribution in [0.3, 0.4) is 0 Å². The van der Waals surface area contributed by atoms with Gasteiger partial charge in [-0.3, -0.25) is 4.79 Å². The number of nitrogens with one attached hydrogen (secondary N) is 2. The van der Waals surface area contributed by atoms with Gasteiger partial charge in [0.05, 0.1) is 20.3 Å². The number of nitrogens with zero attached hydrogens (tertiary/aromatic N) is 1. The first-order valence-corrected chi connectivity index (χ1v) is 12.0. The number of piperidine rings is 1. The molecule has 0 radical (unpaired) electrons. The van der Waals surface area contributed by atoms with Gasteiger partial charge in [-0.25, -0.2) is 4.79 Å². The molecule has 1 aliphatic rings. The molecule has 1 aromatic carbocycles. The average Bonchev–Trinajstić information content (AvgIpc) is 2.80. The maximum atomic E-state index is 13.6. The number of benzene rings is 1. The second kappa shape index (κ2) is 14.0. The maximum Gasteiger partial charge on any atom is 0.407 e. The van der Waals surface area contributed by atoms with Crippen molar-refractivity contribution in [3.8, 4) is 11.5 Å². The Kier molecular flexibility index (Phi) is 11.4. The number of hydrogen-bond donors (Lipinski definition) is 2. The minimum absolute atomic E-state index is 0.00335. The molecule has 2 rings (SSSR count). The number of hydrogen-bond acceptors (Lipinski definition) is 7. The fourth-order valence-corrected chi connectivity index (χ4v) is 4.09. The highest BCUT2D eigenvalue weighted by molar-refractivity contribution is 5.95. The van der Waals surface area contributed by atoms with Crippen molar-refractivity contribution in [2.45, 2.75) is 58.7 Å². The van der Waals surface area contributed by atoms with Crippen LogP contribution in [0.5, 0.6) is 11.5 Å². The summed E-state index contributed by atoms with van der Waals surface area (Å²) in [7, 11) is 3.23. The zero-order valence-electron chi connectivity index (χ0n) is 21.4. The number of methoxy groups -OCH3 is 2. The Labute approximate surface area is 203 Å². The van der Waals surface area contributed by atoms with Gasteiger partial charge in [0.25, 0.3) is 5.91 Å². The van der Waals surface area contributed by atoms with E-state index in [9.17, 15) is 9.59 Å². The third-order valence-corrected chi connectivity index (χ3v) is 5.62. The molecule has 1 aromatic rings. The Morgan fingerprint density at radius 3 is 2.53 bits per heavy atom. The van der Waals surface area contributed by atoms with Crippen molar-refractivity contribution in [1.29, 1.82) is 0 Å². The largest absolute Gasteiger partial charge is 0.493 e. The van der Waals surface area contributed by atoms with Gasteiger partial charge in [0.15, 0.2) is 11.5 Å². The first-order chi connectivity index (χ1) is 16.3. The molecule has 1 fully saturated rings. The minimum atomic E-state index is -0.412. The van der Waals surface area contributed by atoms with Crippen molar-refractivity contribution in [2.24, 2.45) is 5.92 Å². The molecule has 0 aromatic heterocycles. The number of carbonyl (C=O) groups excluding carboxylic acids is 2. The van der Waals surface area contributed by atoms with Gasteiger partial charge in [0.2, 0.25) is 0 Å². The van der Waals surface area contributed by atoms with Crippen molar-refractivity contribution in [1.82, 2.24) is 15.5 Å². The summed E-state index contributed by atoms with van der Waals surface area (Å²) in [4.78, 5) is 27.4.